The third-order valence-corrected chi connectivity index (χ3v) is 3.58. The van der Waals surface area contributed by atoms with Crippen LogP contribution in [0.1, 0.15) is 19.4 Å². The van der Waals surface area contributed by atoms with Crippen molar-refractivity contribution < 1.29 is 9.50 Å². The number of aliphatic hydroxyl groups excluding tert-OH is 1. The normalized spacial score (nSPS) is 13.2. The van der Waals surface area contributed by atoms with E-state index < -0.39 is 0 Å². The highest BCUT2D eigenvalue weighted by molar-refractivity contribution is 9.10. The first-order valence-corrected chi connectivity index (χ1v) is 5.89. The number of halogens is 2. The van der Waals surface area contributed by atoms with E-state index in [1.54, 1.807) is 6.07 Å². The second-order valence-corrected chi connectivity index (χ2v) is 4.90. The van der Waals surface area contributed by atoms with E-state index >= 15 is 0 Å². The fourth-order valence-electron chi connectivity index (χ4n) is 1.50. The van der Waals surface area contributed by atoms with Crippen LogP contribution in [0.5, 0.6) is 0 Å². The molecule has 3 heteroatoms. The van der Waals surface area contributed by atoms with Crippen LogP contribution >= 0.6 is 15.9 Å². The predicted octanol–water partition coefficient (Wildman–Crippen LogP) is 3.40. The Bertz CT molecular complexity index is 325. The van der Waals surface area contributed by atoms with Gasteiger partial charge in [-0.05, 0) is 45.8 Å². The van der Waals surface area contributed by atoms with E-state index in [1.807, 2.05) is 6.07 Å². The van der Waals surface area contributed by atoms with Gasteiger partial charge in [0.25, 0.3) is 0 Å². The lowest BCUT2D eigenvalue weighted by atomic mass is 9.90. The van der Waals surface area contributed by atoms with Crippen molar-refractivity contribution in [1.82, 2.24) is 0 Å². The maximum atomic E-state index is 13.2. The summed E-state index contributed by atoms with van der Waals surface area (Å²) in [5.41, 5.74) is 0.919. The smallest absolute Gasteiger partial charge is 0.137 e. The topological polar surface area (TPSA) is 20.2 Å². The van der Waals surface area contributed by atoms with Gasteiger partial charge in [0.05, 0.1) is 4.47 Å². The Morgan fingerprint density at radius 2 is 2.07 bits per heavy atom. The molecule has 0 aliphatic carbocycles. The van der Waals surface area contributed by atoms with Crippen molar-refractivity contribution in [2.24, 2.45) is 11.8 Å². The molecule has 0 saturated heterocycles. The third kappa shape index (κ3) is 3.28. The van der Waals surface area contributed by atoms with E-state index in [4.69, 9.17) is 0 Å². The van der Waals surface area contributed by atoms with Crippen LogP contribution < -0.4 is 0 Å². The number of aliphatic hydroxyl groups is 1. The zero-order valence-corrected chi connectivity index (χ0v) is 10.6. The number of hydrogen-bond acceptors (Lipinski definition) is 1. The van der Waals surface area contributed by atoms with Gasteiger partial charge in [-0.25, -0.2) is 4.39 Å². The van der Waals surface area contributed by atoms with Gasteiger partial charge in [-0.15, -0.1) is 0 Å². The van der Waals surface area contributed by atoms with Gasteiger partial charge in [0.2, 0.25) is 0 Å². The van der Waals surface area contributed by atoms with Crippen LogP contribution in [0.2, 0.25) is 0 Å². The van der Waals surface area contributed by atoms with Gasteiger partial charge in [-0.1, -0.05) is 26.0 Å². The molecule has 0 aliphatic rings. The molecule has 15 heavy (non-hydrogen) atoms. The van der Waals surface area contributed by atoms with Gasteiger partial charge in [0.1, 0.15) is 5.82 Å². The minimum absolute atomic E-state index is 0.140. The molecular weight excluding hydrogens is 259 g/mol. The van der Waals surface area contributed by atoms with Crippen LogP contribution in [-0.2, 0) is 6.42 Å². The standard InChI is InChI=1S/C12H16BrFO/c1-8(2)10(7-15)6-9-4-3-5-11(14)12(9)13/h3-5,8,10,15H,6-7H2,1-2H3. The molecule has 1 atom stereocenters. The Morgan fingerprint density at radius 3 is 2.60 bits per heavy atom. The largest absolute Gasteiger partial charge is 0.396 e. The summed E-state index contributed by atoms with van der Waals surface area (Å²) in [6, 6.07) is 5.01. The highest BCUT2D eigenvalue weighted by Gasteiger charge is 2.15. The van der Waals surface area contributed by atoms with Crippen molar-refractivity contribution in [2.75, 3.05) is 6.61 Å². The molecule has 0 heterocycles. The molecule has 0 spiro atoms. The van der Waals surface area contributed by atoms with Crippen molar-refractivity contribution in [3.8, 4) is 0 Å². The van der Waals surface area contributed by atoms with E-state index in [2.05, 4.69) is 29.8 Å². The van der Waals surface area contributed by atoms with E-state index in [9.17, 15) is 9.50 Å². The summed E-state index contributed by atoms with van der Waals surface area (Å²) in [6.07, 6.45) is 0.701. The van der Waals surface area contributed by atoms with Gasteiger partial charge >= 0.3 is 0 Å². The zero-order chi connectivity index (χ0) is 11.4. The van der Waals surface area contributed by atoms with Crippen LogP contribution in [0.15, 0.2) is 22.7 Å². The Balaban J connectivity index is 2.84. The van der Waals surface area contributed by atoms with Gasteiger partial charge in [0.15, 0.2) is 0 Å². The summed E-state index contributed by atoms with van der Waals surface area (Å²) in [6.45, 7) is 4.27. The highest BCUT2D eigenvalue weighted by atomic mass is 79.9. The van der Waals surface area contributed by atoms with Crippen molar-refractivity contribution in [3.05, 3.63) is 34.1 Å². The molecule has 0 saturated carbocycles. The fraction of sp³-hybridized carbons (Fsp3) is 0.500. The molecule has 0 aromatic heterocycles. The van der Waals surface area contributed by atoms with Gasteiger partial charge in [-0.3, -0.25) is 0 Å². The molecule has 84 valence electrons. The first-order chi connectivity index (χ1) is 7.06. The van der Waals surface area contributed by atoms with Crippen molar-refractivity contribution in [1.29, 1.82) is 0 Å². The number of rotatable bonds is 4. The number of benzene rings is 1. The Morgan fingerprint density at radius 1 is 1.40 bits per heavy atom. The van der Waals surface area contributed by atoms with E-state index in [1.165, 1.54) is 6.07 Å². The van der Waals surface area contributed by atoms with Gasteiger partial charge in [-0.2, -0.15) is 0 Å². The highest BCUT2D eigenvalue weighted by Crippen LogP contribution is 2.25. The monoisotopic (exact) mass is 274 g/mol. The summed E-state index contributed by atoms with van der Waals surface area (Å²) in [5, 5.41) is 9.21. The van der Waals surface area contributed by atoms with Crippen LogP contribution in [0, 0.1) is 17.7 Å². The SMILES string of the molecule is CC(C)C(CO)Cc1cccc(F)c1Br. The van der Waals surface area contributed by atoms with E-state index in [-0.39, 0.29) is 18.3 Å². The summed E-state index contributed by atoms with van der Waals surface area (Å²) < 4.78 is 13.7. The van der Waals surface area contributed by atoms with Gasteiger partial charge in [0, 0.05) is 6.61 Å². The van der Waals surface area contributed by atoms with Crippen LogP contribution in [0.4, 0.5) is 4.39 Å². The first kappa shape index (κ1) is 12.7. The molecule has 1 unspecified atom stereocenters. The quantitative estimate of drug-likeness (QED) is 0.893. The maximum absolute atomic E-state index is 13.2. The molecule has 0 radical (unpaired) electrons. The lowest BCUT2D eigenvalue weighted by Crippen LogP contribution is -2.16. The lowest BCUT2D eigenvalue weighted by Gasteiger charge is -2.18. The molecule has 1 aromatic carbocycles. The molecule has 0 amide bonds. The molecule has 0 aliphatic heterocycles. The molecule has 1 rings (SSSR count). The Labute approximate surface area is 98.4 Å². The second kappa shape index (κ2) is 5.61. The van der Waals surface area contributed by atoms with Crippen LogP contribution in [0.3, 0.4) is 0 Å². The van der Waals surface area contributed by atoms with Crippen LogP contribution in [-0.4, -0.2) is 11.7 Å². The molecular formula is C12H16BrFO. The zero-order valence-electron chi connectivity index (χ0n) is 9.00. The average molecular weight is 275 g/mol. The van der Waals surface area contributed by atoms with Crippen LogP contribution in [0.25, 0.3) is 0 Å². The number of hydrogen-bond donors (Lipinski definition) is 1. The van der Waals surface area contributed by atoms with Crippen molar-refractivity contribution >= 4 is 15.9 Å². The Hall–Kier alpha value is -0.410. The maximum Gasteiger partial charge on any atom is 0.137 e. The molecule has 0 bridgehead atoms. The minimum Gasteiger partial charge on any atom is -0.396 e. The lowest BCUT2D eigenvalue weighted by molar-refractivity contribution is 0.189. The van der Waals surface area contributed by atoms with E-state index in [0.717, 1.165) is 5.56 Å². The average Bonchev–Trinajstić information content (AvgIpc) is 2.19. The summed E-state index contributed by atoms with van der Waals surface area (Å²) >= 11 is 3.23. The first-order valence-electron chi connectivity index (χ1n) is 5.10. The summed E-state index contributed by atoms with van der Waals surface area (Å²) in [4.78, 5) is 0. The summed E-state index contributed by atoms with van der Waals surface area (Å²) in [5.74, 6) is 0.334. The molecule has 1 nitrogen and oxygen atoms in total. The third-order valence-electron chi connectivity index (χ3n) is 2.69. The summed E-state index contributed by atoms with van der Waals surface area (Å²) in [7, 11) is 0. The van der Waals surface area contributed by atoms with Crippen molar-refractivity contribution in [3.63, 3.8) is 0 Å². The minimum atomic E-state index is -0.243. The predicted molar refractivity (Wildman–Crippen MR) is 63.2 cm³/mol. The second-order valence-electron chi connectivity index (χ2n) is 4.10. The van der Waals surface area contributed by atoms with Gasteiger partial charge < -0.3 is 5.11 Å². The molecule has 1 N–H and O–H groups in total. The van der Waals surface area contributed by atoms with Crippen molar-refractivity contribution in [2.45, 2.75) is 20.3 Å². The Kier molecular flexibility index (Phi) is 4.74. The fourth-order valence-corrected chi connectivity index (χ4v) is 1.93. The molecule has 1 aromatic rings. The van der Waals surface area contributed by atoms with E-state index in [0.29, 0.717) is 16.8 Å². The molecule has 0 fully saturated rings.